The number of rotatable bonds is 10. The molecule has 0 radical (unpaired) electrons. The predicted molar refractivity (Wildman–Crippen MR) is 139 cm³/mol. The first kappa shape index (κ1) is 14.9. The number of anilines is 5. The fourth-order valence-electron chi connectivity index (χ4n) is 2.99. The summed E-state index contributed by atoms with van der Waals surface area (Å²) in [4.78, 5) is 43.1. The molecule has 1 aromatic carbocycles. The zero-order valence-electron chi connectivity index (χ0n) is 34.9. The van der Waals surface area contributed by atoms with E-state index in [4.69, 9.17) is 39.5 Å². The molecule has 40 heavy (non-hydrogen) atoms. The van der Waals surface area contributed by atoms with E-state index in [0.29, 0.717) is 6.20 Å². The number of benzene rings is 1. The molecule has 15 nitrogen and oxygen atoms in total. The summed E-state index contributed by atoms with van der Waals surface area (Å²) in [6.07, 6.45) is 0.453. The summed E-state index contributed by atoms with van der Waals surface area (Å²) in [5.41, 5.74) is -2.92. The van der Waals surface area contributed by atoms with Gasteiger partial charge in [0.1, 0.15) is 12.5 Å². The summed E-state index contributed by atoms with van der Waals surface area (Å²) >= 11 is 0. The Kier molecular flexibility index (Phi) is 4.15. The second-order valence-electron chi connectivity index (χ2n) is 7.85. The molecule has 0 atom stereocenters. The van der Waals surface area contributed by atoms with Gasteiger partial charge in [-0.05, 0) is 25.9 Å². The van der Waals surface area contributed by atoms with Gasteiger partial charge in [0.25, 0.3) is 5.91 Å². The number of amides is 1. The van der Waals surface area contributed by atoms with Gasteiger partial charge in [-0.3, -0.25) is 14.2 Å². The number of nitrogens with zero attached hydrogens (tertiary/aromatic N) is 4. The van der Waals surface area contributed by atoms with Crippen molar-refractivity contribution in [2.24, 2.45) is 0 Å². The van der Waals surface area contributed by atoms with E-state index in [1.165, 1.54) is 0 Å². The minimum Gasteiger partial charge on any atom is -0.493 e. The number of methoxy groups -OCH3 is 3. The molecule has 0 unspecified atom stereocenters. The average Bonchev–Trinajstić information content (AvgIpc) is 2.97. The van der Waals surface area contributed by atoms with Crippen molar-refractivity contribution in [2.75, 3.05) is 43.3 Å². The molecule has 0 fully saturated rings. The molecule has 1 aliphatic rings. The number of hydrogen-bond acceptors (Lipinski definition) is 12. The smallest absolute Gasteiger partial charge is 0.471 e. The van der Waals surface area contributed by atoms with Crippen LogP contribution in [0.3, 0.4) is 0 Å². The Labute approximate surface area is 248 Å². The highest BCUT2D eigenvalue weighted by Gasteiger charge is 2.42. The Balaban J connectivity index is 1.87. The van der Waals surface area contributed by atoms with Crippen LogP contribution in [0, 0.1) is 5.82 Å². The molecule has 0 saturated carbocycles. The highest BCUT2D eigenvalue weighted by molar-refractivity contribution is 7.46. The van der Waals surface area contributed by atoms with Crippen LogP contribution in [0.2, 0.25) is 0 Å². The second kappa shape index (κ2) is 11.1. The Hall–Kier alpha value is -4.24. The predicted octanol–water partition coefficient (Wildman–Crippen LogP) is 3.09. The molecule has 214 valence electrons. The van der Waals surface area contributed by atoms with Gasteiger partial charge in [-0.2, -0.15) is 4.98 Å². The van der Waals surface area contributed by atoms with Crippen molar-refractivity contribution in [3.63, 3.8) is 0 Å². The topological polar surface area (TPSA) is 187 Å². The van der Waals surface area contributed by atoms with Crippen molar-refractivity contribution in [3.05, 3.63) is 36.2 Å². The lowest BCUT2D eigenvalue weighted by Crippen LogP contribution is -2.53. The number of carbonyl (C=O) groups excluding carboxylic acids is 1. The molecule has 0 bridgehead atoms. The molecule has 3 heterocycles. The van der Waals surface area contributed by atoms with Gasteiger partial charge in [0.2, 0.25) is 11.7 Å². The first-order chi connectivity index (χ1) is 24.7. The van der Waals surface area contributed by atoms with Gasteiger partial charge in [-0.25, -0.2) is 18.9 Å². The van der Waals surface area contributed by atoms with E-state index in [9.17, 15) is 19.1 Å². The van der Waals surface area contributed by atoms with E-state index < -0.39 is 129 Å². The van der Waals surface area contributed by atoms with Gasteiger partial charge in [-0.15, -0.1) is 0 Å². The Bertz CT molecular complexity index is 2040. The van der Waals surface area contributed by atoms with Crippen molar-refractivity contribution in [1.29, 1.82) is 0 Å². The van der Waals surface area contributed by atoms with E-state index in [1.807, 2.05) is 0 Å². The van der Waals surface area contributed by atoms with Gasteiger partial charge in [0, 0.05) is 17.8 Å². The third kappa shape index (κ3) is 6.15. The van der Waals surface area contributed by atoms with E-state index in [2.05, 4.69) is 30.1 Å². The molecule has 0 saturated heterocycles. The van der Waals surface area contributed by atoms with Crippen LogP contribution in [0.15, 0.2) is 30.4 Å². The van der Waals surface area contributed by atoms with E-state index in [1.54, 1.807) is 0 Å². The van der Waals surface area contributed by atoms with E-state index >= 15 is 4.39 Å². The fourth-order valence-corrected chi connectivity index (χ4v) is 3.18. The van der Waals surface area contributed by atoms with Crippen molar-refractivity contribution >= 4 is 42.8 Å². The number of pyridine rings is 1. The summed E-state index contributed by atoms with van der Waals surface area (Å²) in [5, 5.41) is 4.42. The third-order valence-electron chi connectivity index (χ3n) is 4.67. The van der Waals surface area contributed by atoms with Crippen molar-refractivity contribution in [2.45, 2.75) is 19.4 Å². The lowest BCUT2D eigenvalue weighted by molar-refractivity contribution is -0.133. The molecule has 17 heteroatoms. The Morgan fingerprint density at radius 1 is 1.18 bits per heavy atom. The first-order valence-electron chi connectivity index (χ1n) is 17.8. The summed E-state index contributed by atoms with van der Waals surface area (Å²) in [7, 11) is -15.9. The van der Waals surface area contributed by atoms with Crippen molar-refractivity contribution < 1.29 is 67.6 Å². The van der Waals surface area contributed by atoms with Gasteiger partial charge < -0.3 is 39.4 Å². The second-order valence-corrected chi connectivity index (χ2v) is 9.01. The van der Waals surface area contributed by atoms with Gasteiger partial charge in [-0.1, -0.05) is 0 Å². The fraction of sp³-hybridized carbons (Fsp3) is 0.304. The molecule has 0 spiro atoms. The van der Waals surface area contributed by atoms with Crippen molar-refractivity contribution in [1.82, 2.24) is 15.0 Å². The maximum Gasteiger partial charge on any atom is 0.471 e. The number of aromatic nitrogens is 3. The van der Waals surface area contributed by atoms with Gasteiger partial charge in [0.15, 0.2) is 40.3 Å². The lowest BCUT2D eigenvalue weighted by Gasteiger charge is -2.37. The average molecular weight is 596 g/mol. The van der Waals surface area contributed by atoms with Crippen LogP contribution < -0.4 is 34.5 Å². The Morgan fingerprint density at radius 3 is 2.52 bits per heavy atom. The highest BCUT2D eigenvalue weighted by atomic mass is 31.2. The van der Waals surface area contributed by atoms with Crippen LogP contribution in [-0.2, 0) is 13.9 Å². The van der Waals surface area contributed by atoms with Crippen LogP contribution in [0.5, 0.6) is 23.0 Å². The standard InChI is InChI=1S/C23H26FN6O9P/c1-23(2)21(31)30(11-38-40(32,33)34)20-14(39-23)6-7-17(28-20)27-19-13(24)10-25-22(29-19)26-12-8-15(35-3)18(37-5)16(9-12)36-4/h6-10H,11H2,1-5H3,(H2,32,33,34)(H2,25,26,27,28,29)/i3D3,4D3,5D3,6D,7D,8D,9D,11D2. The number of ether oxygens (including phenoxy) is 4. The van der Waals surface area contributed by atoms with Crippen LogP contribution in [0.25, 0.3) is 0 Å². The number of halogens is 1. The van der Waals surface area contributed by atoms with Gasteiger partial charge in [0.05, 0.1) is 47.9 Å². The van der Waals surface area contributed by atoms with Crippen LogP contribution in [-0.4, -0.2) is 64.0 Å². The molecule has 4 N–H and O–H groups in total. The lowest BCUT2D eigenvalue weighted by atomic mass is 10.1. The Morgan fingerprint density at radius 2 is 1.88 bits per heavy atom. The SMILES string of the molecule is [2H]c1c(Nc2nc(Nc3c([2H])c(OC([2H])([2H])[2H])c(OC([2H])([2H])[2H])c(OC([2H])([2H])[2H])c3[2H])ncc2F)nc2c(c1[2H])OC(C)(C)C(=O)N2C([2H])([2H])OP(=O)(O)O. The largest absolute Gasteiger partial charge is 0.493 e. The molecule has 2 aromatic heterocycles. The molecular formula is C23H26FN6O9P. The highest BCUT2D eigenvalue weighted by Crippen LogP contribution is 2.42. The summed E-state index contributed by atoms with van der Waals surface area (Å²) < 4.78 is 168. The number of phosphoric ester groups is 1. The third-order valence-corrected chi connectivity index (χ3v) is 4.99. The zero-order valence-corrected chi connectivity index (χ0v) is 20.8. The maximum absolute atomic E-state index is 15.1. The van der Waals surface area contributed by atoms with Crippen LogP contribution >= 0.6 is 7.82 Å². The first-order valence-corrected chi connectivity index (χ1v) is 11.9. The summed E-state index contributed by atoms with van der Waals surface area (Å²) in [6.45, 7) is -1.46. The zero-order chi connectivity index (χ0) is 42.0. The number of hydrogen-bond donors (Lipinski definition) is 4. The monoisotopic (exact) mass is 595 g/mol. The number of carbonyl (C=O) groups is 1. The van der Waals surface area contributed by atoms with E-state index in [0.717, 1.165) is 13.8 Å². The normalized spacial score (nSPS) is 21.0. The molecule has 3 aromatic rings. The van der Waals surface area contributed by atoms with Crippen molar-refractivity contribution in [3.8, 4) is 23.0 Å². The molecule has 4 rings (SSSR count). The quantitative estimate of drug-likeness (QED) is 0.250. The van der Waals surface area contributed by atoms with Crippen LogP contribution in [0.1, 0.15) is 34.4 Å². The molecule has 0 aliphatic carbocycles. The number of fused-ring (bicyclic) bond motifs is 1. The maximum atomic E-state index is 15.1. The summed E-state index contributed by atoms with van der Waals surface area (Å²) in [5.74, 6) is -10.7. The molecule has 1 amide bonds. The molecule has 1 aliphatic heterocycles. The van der Waals surface area contributed by atoms with Crippen LogP contribution in [0.4, 0.5) is 33.5 Å². The number of nitrogens with one attached hydrogen (secondary N) is 2. The summed E-state index contributed by atoms with van der Waals surface area (Å²) in [6, 6.07) is -4.09. The molecular weight excluding hydrogens is 554 g/mol. The number of phosphoric acid groups is 1. The minimum absolute atomic E-state index is 0.0000960. The van der Waals surface area contributed by atoms with Gasteiger partial charge >= 0.3 is 7.82 Å². The minimum atomic E-state index is -5.65. The van der Waals surface area contributed by atoms with E-state index in [-0.39, 0.29) is 4.90 Å².